The Balaban J connectivity index is 2.48. The standard InChI is InChI=1S/C9H13BrO2S/c1-9(2,5-11)6-12-8-7(10)3-4-13-8/h3-4,11H,5-6H2,1-2H3. The molecule has 1 aromatic rings. The van der Waals surface area contributed by atoms with Gasteiger partial charge in [0.25, 0.3) is 0 Å². The Morgan fingerprint density at radius 3 is 2.77 bits per heavy atom. The normalized spacial score (nSPS) is 11.7. The summed E-state index contributed by atoms with van der Waals surface area (Å²) < 4.78 is 6.52. The molecular formula is C9H13BrO2S. The maximum atomic E-state index is 9.00. The van der Waals surface area contributed by atoms with Crippen LogP contribution in [0.5, 0.6) is 5.06 Å². The highest BCUT2D eigenvalue weighted by Crippen LogP contribution is 2.32. The van der Waals surface area contributed by atoms with Crippen LogP contribution in [-0.4, -0.2) is 18.3 Å². The lowest BCUT2D eigenvalue weighted by Crippen LogP contribution is -2.25. The highest BCUT2D eigenvalue weighted by atomic mass is 79.9. The van der Waals surface area contributed by atoms with E-state index in [9.17, 15) is 0 Å². The lowest BCUT2D eigenvalue weighted by molar-refractivity contribution is 0.0992. The van der Waals surface area contributed by atoms with Crippen molar-refractivity contribution in [1.82, 2.24) is 0 Å². The van der Waals surface area contributed by atoms with E-state index < -0.39 is 0 Å². The van der Waals surface area contributed by atoms with Crippen LogP contribution in [0.3, 0.4) is 0 Å². The van der Waals surface area contributed by atoms with E-state index in [0.29, 0.717) is 6.61 Å². The van der Waals surface area contributed by atoms with Gasteiger partial charge in [-0.15, -0.1) is 11.3 Å². The Kier molecular flexibility index (Phi) is 3.76. The predicted octanol–water partition coefficient (Wildman–Crippen LogP) is 2.91. The van der Waals surface area contributed by atoms with Crippen molar-refractivity contribution in [3.8, 4) is 5.06 Å². The van der Waals surface area contributed by atoms with Gasteiger partial charge in [0.2, 0.25) is 0 Å². The maximum Gasteiger partial charge on any atom is 0.188 e. The van der Waals surface area contributed by atoms with Crippen molar-refractivity contribution in [3.05, 3.63) is 15.9 Å². The molecule has 1 aromatic heterocycles. The minimum Gasteiger partial charge on any atom is -0.482 e. The zero-order chi connectivity index (χ0) is 9.90. The monoisotopic (exact) mass is 264 g/mol. The number of thiophene rings is 1. The summed E-state index contributed by atoms with van der Waals surface area (Å²) in [5, 5.41) is 11.8. The number of rotatable bonds is 4. The Morgan fingerprint density at radius 1 is 1.62 bits per heavy atom. The zero-order valence-corrected chi connectivity index (χ0v) is 10.1. The lowest BCUT2D eigenvalue weighted by atomic mass is 9.97. The van der Waals surface area contributed by atoms with Gasteiger partial charge < -0.3 is 9.84 Å². The summed E-state index contributed by atoms with van der Waals surface area (Å²) in [6, 6.07) is 1.95. The molecule has 13 heavy (non-hydrogen) atoms. The van der Waals surface area contributed by atoms with E-state index in [2.05, 4.69) is 15.9 Å². The van der Waals surface area contributed by atoms with Gasteiger partial charge in [0.1, 0.15) is 0 Å². The van der Waals surface area contributed by atoms with E-state index >= 15 is 0 Å². The minimum absolute atomic E-state index is 0.135. The summed E-state index contributed by atoms with van der Waals surface area (Å²) in [6.07, 6.45) is 0. The molecule has 0 aliphatic rings. The highest BCUT2D eigenvalue weighted by Gasteiger charge is 2.18. The molecule has 1 rings (SSSR count). The Morgan fingerprint density at radius 2 is 2.31 bits per heavy atom. The Labute approximate surface area is 90.7 Å². The summed E-state index contributed by atoms with van der Waals surface area (Å²) in [5.74, 6) is 0. The second-order valence-corrected chi connectivity index (χ2v) is 5.40. The molecule has 0 fully saturated rings. The minimum atomic E-state index is -0.177. The first-order chi connectivity index (χ1) is 6.05. The van der Waals surface area contributed by atoms with E-state index in [1.807, 2.05) is 25.3 Å². The largest absolute Gasteiger partial charge is 0.482 e. The third-order valence-electron chi connectivity index (χ3n) is 1.61. The fourth-order valence-electron chi connectivity index (χ4n) is 0.689. The summed E-state index contributed by atoms with van der Waals surface area (Å²) in [6.45, 7) is 4.60. The molecule has 0 bridgehead atoms. The molecule has 4 heteroatoms. The van der Waals surface area contributed by atoms with E-state index in [1.165, 1.54) is 0 Å². The Hall–Kier alpha value is -0.0600. The van der Waals surface area contributed by atoms with Gasteiger partial charge in [0, 0.05) is 5.41 Å². The molecule has 0 atom stereocenters. The van der Waals surface area contributed by atoms with Crippen molar-refractivity contribution in [3.63, 3.8) is 0 Å². The van der Waals surface area contributed by atoms with E-state index in [4.69, 9.17) is 9.84 Å². The first-order valence-electron chi connectivity index (χ1n) is 4.02. The van der Waals surface area contributed by atoms with E-state index in [0.717, 1.165) is 9.54 Å². The maximum absolute atomic E-state index is 9.00. The molecule has 1 heterocycles. The van der Waals surface area contributed by atoms with Crippen LogP contribution in [0.15, 0.2) is 15.9 Å². The highest BCUT2D eigenvalue weighted by molar-refractivity contribution is 9.10. The third-order valence-corrected chi connectivity index (χ3v) is 3.32. The molecule has 0 unspecified atom stereocenters. The average molecular weight is 265 g/mol. The topological polar surface area (TPSA) is 29.5 Å². The molecule has 1 N–H and O–H groups in total. The number of ether oxygens (including phenoxy) is 1. The van der Waals surface area contributed by atoms with Gasteiger partial charge >= 0.3 is 0 Å². The van der Waals surface area contributed by atoms with Crippen molar-refractivity contribution in [2.75, 3.05) is 13.2 Å². The quantitative estimate of drug-likeness (QED) is 0.907. The molecule has 2 nitrogen and oxygen atoms in total. The molecule has 74 valence electrons. The molecule has 0 saturated carbocycles. The fourth-order valence-corrected chi connectivity index (χ4v) is 2.03. The van der Waals surface area contributed by atoms with Crippen molar-refractivity contribution < 1.29 is 9.84 Å². The van der Waals surface area contributed by atoms with Crippen LogP contribution < -0.4 is 4.74 Å². The Bertz CT molecular complexity index is 270. The van der Waals surface area contributed by atoms with E-state index in [-0.39, 0.29) is 12.0 Å². The smallest absolute Gasteiger partial charge is 0.188 e. The van der Waals surface area contributed by atoms with Crippen LogP contribution in [0.25, 0.3) is 0 Å². The molecule has 0 spiro atoms. The van der Waals surface area contributed by atoms with Crippen LogP contribution in [0.2, 0.25) is 0 Å². The lowest BCUT2D eigenvalue weighted by Gasteiger charge is -2.21. The first-order valence-corrected chi connectivity index (χ1v) is 5.69. The number of hydrogen-bond acceptors (Lipinski definition) is 3. The van der Waals surface area contributed by atoms with Crippen molar-refractivity contribution in [2.24, 2.45) is 5.41 Å². The number of halogens is 1. The fraction of sp³-hybridized carbons (Fsp3) is 0.556. The molecule has 0 aliphatic carbocycles. The molecule has 0 radical (unpaired) electrons. The summed E-state index contributed by atoms with van der Waals surface area (Å²) in [5.41, 5.74) is -0.177. The molecule has 0 amide bonds. The van der Waals surface area contributed by atoms with Gasteiger partial charge in [-0.3, -0.25) is 0 Å². The van der Waals surface area contributed by atoms with Gasteiger partial charge in [-0.05, 0) is 27.4 Å². The van der Waals surface area contributed by atoms with E-state index in [1.54, 1.807) is 11.3 Å². The van der Waals surface area contributed by atoms with Crippen LogP contribution in [0, 0.1) is 5.41 Å². The number of aliphatic hydroxyl groups excluding tert-OH is 1. The predicted molar refractivity (Wildman–Crippen MR) is 58.4 cm³/mol. The summed E-state index contributed by atoms with van der Waals surface area (Å²) in [4.78, 5) is 0. The SMILES string of the molecule is CC(C)(CO)COc1sccc1Br. The molecule has 0 aliphatic heterocycles. The van der Waals surface area contributed by atoms with Crippen LogP contribution in [0.4, 0.5) is 0 Å². The molecule has 0 aromatic carbocycles. The van der Waals surface area contributed by atoms with Gasteiger partial charge in [-0.2, -0.15) is 0 Å². The van der Waals surface area contributed by atoms with Gasteiger partial charge in [0.05, 0.1) is 17.7 Å². The molecular weight excluding hydrogens is 252 g/mol. The van der Waals surface area contributed by atoms with Gasteiger partial charge in [0.15, 0.2) is 5.06 Å². The molecule has 0 saturated heterocycles. The number of aliphatic hydroxyl groups is 1. The van der Waals surface area contributed by atoms with Gasteiger partial charge in [-0.25, -0.2) is 0 Å². The second kappa shape index (κ2) is 4.44. The van der Waals surface area contributed by atoms with Crippen LogP contribution in [-0.2, 0) is 0 Å². The van der Waals surface area contributed by atoms with Crippen molar-refractivity contribution in [1.29, 1.82) is 0 Å². The van der Waals surface area contributed by atoms with Gasteiger partial charge in [-0.1, -0.05) is 13.8 Å². The zero-order valence-electron chi connectivity index (χ0n) is 7.71. The van der Waals surface area contributed by atoms with Crippen LogP contribution >= 0.6 is 27.3 Å². The summed E-state index contributed by atoms with van der Waals surface area (Å²) >= 11 is 4.93. The number of hydrogen-bond donors (Lipinski definition) is 1. The first kappa shape index (κ1) is 11.0. The average Bonchev–Trinajstić information content (AvgIpc) is 2.48. The third kappa shape index (κ3) is 3.29. The second-order valence-electron chi connectivity index (χ2n) is 3.67. The van der Waals surface area contributed by atoms with Crippen LogP contribution in [0.1, 0.15) is 13.8 Å². The van der Waals surface area contributed by atoms with Crippen molar-refractivity contribution >= 4 is 27.3 Å². The van der Waals surface area contributed by atoms with Crippen molar-refractivity contribution in [2.45, 2.75) is 13.8 Å². The summed E-state index contributed by atoms with van der Waals surface area (Å²) in [7, 11) is 0.